The molecule has 0 saturated carbocycles. The number of urea groups is 1. The van der Waals surface area contributed by atoms with Gasteiger partial charge in [0.2, 0.25) is 0 Å². The lowest BCUT2D eigenvalue weighted by Crippen LogP contribution is -2.43. The number of fused-ring (bicyclic) bond motifs is 1. The lowest BCUT2D eigenvalue weighted by molar-refractivity contribution is 0.0566. The summed E-state index contributed by atoms with van der Waals surface area (Å²) in [6.07, 6.45) is 4.95. The van der Waals surface area contributed by atoms with Gasteiger partial charge in [-0.15, -0.1) is 11.3 Å². The first-order valence-corrected chi connectivity index (χ1v) is 12.5. The number of hydrogen-bond acceptors (Lipinski definition) is 6. The number of carbonyl (C=O) groups is 1. The van der Waals surface area contributed by atoms with E-state index in [0.717, 1.165) is 27.4 Å². The number of hydrogen-bond donors (Lipinski definition) is 1. The Morgan fingerprint density at radius 3 is 2.78 bits per heavy atom. The number of aliphatic imine (C=N–C) groups is 1. The minimum absolute atomic E-state index is 0.210. The Balaban J connectivity index is 1.69. The zero-order valence-electron chi connectivity index (χ0n) is 19.8. The third-order valence-electron chi connectivity index (χ3n) is 6.18. The van der Waals surface area contributed by atoms with Crippen LogP contribution in [0.3, 0.4) is 0 Å². The predicted molar refractivity (Wildman–Crippen MR) is 135 cm³/mol. The fraction of sp³-hybridized carbons (Fsp3) is 0.333. The van der Waals surface area contributed by atoms with Crippen molar-refractivity contribution < 1.29 is 13.6 Å². The number of aromatic nitrogens is 3. The average molecular weight is 532 g/mol. The van der Waals surface area contributed by atoms with Gasteiger partial charge in [-0.2, -0.15) is 13.9 Å². The van der Waals surface area contributed by atoms with Gasteiger partial charge in [-0.05, 0) is 24.1 Å². The molecule has 12 heteroatoms. The summed E-state index contributed by atoms with van der Waals surface area (Å²) in [6.45, 7) is -0.354. The number of amides is 2. The number of carbonyl (C=O) groups excluding carboxylic acids is 1. The Morgan fingerprint density at radius 2 is 2.14 bits per heavy atom. The van der Waals surface area contributed by atoms with Crippen LogP contribution < -0.4 is 5.32 Å². The third-order valence-corrected chi connectivity index (χ3v) is 7.28. The van der Waals surface area contributed by atoms with Crippen LogP contribution in [-0.4, -0.2) is 63.1 Å². The minimum atomic E-state index is -2.77. The van der Waals surface area contributed by atoms with E-state index in [9.17, 15) is 13.6 Å². The highest BCUT2D eigenvalue weighted by atomic mass is 35.5. The maximum atomic E-state index is 13.4. The van der Waals surface area contributed by atoms with E-state index in [1.54, 1.807) is 20.3 Å². The number of halogens is 3. The number of benzene rings is 1. The van der Waals surface area contributed by atoms with E-state index >= 15 is 0 Å². The molecule has 4 heterocycles. The van der Waals surface area contributed by atoms with Gasteiger partial charge in [0.25, 0.3) is 0 Å². The Kier molecular flexibility index (Phi) is 6.52. The van der Waals surface area contributed by atoms with Crippen LogP contribution >= 0.6 is 22.9 Å². The fourth-order valence-corrected chi connectivity index (χ4v) is 5.49. The number of alkyl halides is 2. The van der Waals surface area contributed by atoms with Crippen LogP contribution in [0.15, 0.2) is 52.9 Å². The van der Waals surface area contributed by atoms with Gasteiger partial charge in [-0.3, -0.25) is 4.99 Å². The molecule has 2 amide bonds. The molecule has 0 spiro atoms. The van der Waals surface area contributed by atoms with Crippen molar-refractivity contribution in [3.63, 3.8) is 0 Å². The van der Waals surface area contributed by atoms with Crippen LogP contribution in [0.4, 0.5) is 13.6 Å². The lowest BCUT2D eigenvalue weighted by atomic mass is 9.90. The largest absolute Gasteiger partial charge is 0.333 e. The number of nitrogens with zero attached hydrogens (tertiary/aromatic N) is 6. The van der Waals surface area contributed by atoms with Crippen molar-refractivity contribution in [3.05, 3.63) is 74.6 Å². The summed E-state index contributed by atoms with van der Waals surface area (Å²) in [4.78, 5) is 25.5. The topological polar surface area (TPSA) is 78.7 Å². The van der Waals surface area contributed by atoms with Crippen molar-refractivity contribution in [1.82, 2.24) is 29.9 Å². The highest BCUT2D eigenvalue weighted by Gasteiger charge is 2.41. The second kappa shape index (κ2) is 9.62. The molecule has 0 radical (unpaired) electrons. The molecule has 1 fully saturated rings. The van der Waals surface area contributed by atoms with Gasteiger partial charge in [0, 0.05) is 66.7 Å². The van der Waals surface area contributed by atoms with Gasteiger partial charge in [0.15, 0.2) is 10.8 Å². The van der Waals surface area contributed by atoms with Gasteiger partial charge in [0.1, 0.15) is 6.04 Å². The molecule has 0 unspecified atom stereocenters. The van der Waals surface area contributed by atoms with Crippen molar-refractivity contribution in [1.29, 1.82) is 0 Å². The Bertz CT molecular complexity index is 1350. The first-order chi connectivity index (χ1) is 17.2. The summed E-state index contributed by atoms with van der Waals surface area (Å²) in [5, 5.41) is 10.0. The second-order valence-corrected chi connectivity index (χ2v) is 10.2. The molecular formula is C24H24ClF2N7OS. The smallest absolute Gasteiger partial charge is 0.333 e. The number of thiazole rings is 1. The summed E-state index contributed by atoms with van der Waals surface area (Å²) in [5.41, 5.74) is 3.88. The summed E-state index contributed by atoms with van der Waals surface area (Å²) in [6, 6.07) is 4.74. The molecule has 0 bridgehead atoms. The van der Waals surface area contributed by atoms with Crippen LogP contribution in [0, 0.1) is 6.92 Å². The molecule has 8 nitrogen and oxygen atoms in total. The summed E-state index contributed by atoms with van der Waals surface area (Å²) in [7, 11) is 3.36. The van der Waals surface area contributed by atoms with E-state index < -0.39 is 12.6 Å². The molecule has 188 valence electrons. The third kappa shape index (κ3) is 4.48. The van der Waals surface area contributed by atoms with Gasteiger partial charge in [0.05, 0.1) is 12.2 Å². The maximum Gasteiger partial charge on any atom is 0.333 e. The Hall–Kier alpha value is -3.31. The summed E-state index contributed by atoms with van der Waals surface area (Å²) >= 11 is 8.15. The molecule has 36 heavy (non-hydrogen) atoms. The van der Waals surface area contributed by atoms with Gasteiger partial charge in [-0.1, -0.05) is 23.7 Å². The van der Waals surface area contributed by atoms with E-state index in [4.69, 9.17) is 16.6 Å². The first-order valence-electron chi connectivity index (χ1n) is 11.3. The quantitative estimate of drug-likeness (QED) is 0.505. The SMILES string of the molecule is Cc1ccc([C@@H]2N=C(c3nccs3)N3C[C@@H](NC(=O)N(C)C)CC3=C2c2cnn(C(F)F)c2)c(Cl)c1. The van der Waals surface area contributed by atoms with Crippen molar-refractivity contribution in [2.45, 2.75) is 32.0 Å². The van der Waals surface area contributed by atoms with Crippen LogP contribution in [0.25, 0.3) is 5.57 Å². The Labute approximate surface area is 215 Å². The predicted octanol–water partition coefficient (Wildman–Crippen LogP) is 4.95. The molecular weight excluding hydrogens is 508 g/mol. The maximum absolute atomic E-state index is 13.4. The lowest BCUT2D eigenvalue weighted by Gasteiger charge is -2.32. The van der Waals surface area contributed by atoms with Crippen LogP contribution in [0.2, 0.25) is 5.02 Å². The van der Waals surface area contributed by atoms with Crippen molar-refractivity contribution in [2.75, 3.05) is 20.6 Å². The summed E-state index contributed by atoms with van der Waals surface area (Å²) in [5.74, 6) is 0.660. The van der Waals surface area contributed by atoms with Crippen LogP contribution in [-0.2, 0) is 0 Å². The number of nitrogens with one attached hydrogen (secondary N) is 1. The normalized spacial score (nSPS) is 19.5. The van der Waals surface area contributed by atoms with Crippen molar-refractivity contribution >= 4 is 40.4 Å². The zero-order valence-corrected chi connectivity index (χ0v) is 21.4. The molecule has 5 rings (SSSR count). The monoisotopic (exact) mass is 531 g/mol. The molecule has 1 aromatic carbocycles. The number of amidine groups is 1. The van der Waals surface area contributed by atoms with Gasteiger partial charge < -0.3 is 15.1 Å². The number of aryl methyl sites for hydroxylation is 1. The van der Waals surface area contributed by atoms with E-state index in [1.165, 1.54) is 28.6 Å². The molecule has 0 aliphatic carbocycles. The molecule has 1 saturated heterocycles. The van der Waals surface area contributed by atoms with Crippen LogP contribution in [0.1, 0.15) is 40.7 Å². The van der Waals surface area contributed by atoms with Gasteiger partial charge >= 0.3 is 12.6 Å². The van der Waals surface area contributed by atoms with Gasteiger partial charge in [-0.25, -0.2) is 14.5 Å². The van der Waals surface area contributed by atoms with E-state index in [0.29, 0.717) is 34.1 Å². The highest BCUT2D eigenvalue weighted by molar-refractivity contribution is 7.11. The zero-order chi connectivity index (χ0) is 25.6. The first kappa shape index (κ1) is 24.4. The van der Waals surface area contributed by atoms with E-state index in [2.05, 4.69) is 15.4 Å². The van der Waals surface area contributed by atoms with E-state index in [1.807, 2.05) is 35.4 Å². The van der Waals surface area contributed by atoms with E-state index in [-0.39, 0.29) is 12.1 Å². The van der Waals surface area contributed by atoms with Crippen LogP contribution in [0.5, 0.6) is 0 Å². The number of rotatable bonds is 5. The molecule has 1 N–H and O–H groups in total. The minimum Gasteiger partial charge on any atom is -0.333 e. The molecule has 2 aromatic heterocycles. The highest BCUT2D eigenvalue weighted by Crippen LogP contribution is 2.46. The Morgan fingerprint density at radius 1 is 1.33 bits per heavy atom. The average Bonchev–Trinajstić information content (AvgIpc) is 3.58. The van der Waals surface area contributed by atoms with Crippen molar-refractivity contribution in [2.24, 2.45) is 4.99 Å². The molecule has 2 aliphatic rings. The standard InChI is InChI=1S/C24H24ClF2N7OS/c1-13-4-5-16(17(25)8-13)20-19(14-10-29-34(11-14)23(26)27)18-9-15(30-24(35)32(2)3)12-33(18)21(31-20)22-28-6-7-36-22/h4-8,10-11,15,20,23H,9,12H2,1-3H3,(H,30,35)/t15-,20-/m0/s1. The summed E-state index contributed by atoms with van der Waals surface area (Å²) < 4.78 is 27.5. The van der Waals surface area contributed by atoms with Crippen molar-refractivity contribution in [3.8, 4) is 0 Å². The fourth-order valence-electron chi connectivity index (χ4n) is 4.51. The second-order valence-electron chi connectivity index (χ2n) is 8.92. The molecule has 2 aliphatic heterocycles. The molecule has 3 aromatic rings. The molecule has 2 atom stereocenters.